The molecule has 0 heterocycles. The monoisotopic (exact) mass is 261 g/mol. The van der Waals surface area contributed by atoms with E-state index in [-0.39, 0.29) is 6.10 Å². The van der Waals surface area contributed by atoms with Crippen molar-refractivity contribution in [2.75, 3.05) is 6.54 Å². The van der Waals surface area contributed by atoms with E-state index in [0.717, 1.165) is 12.3 Å². The highest BCUT2D eigenvalue weighted by Gasteiger charge is 2.19. The van der Waals surface area contributed by atoms with Gasteiger partial charge in [0.2, 0.25) is 0 Å². The maximum absolute atomic E-state index is 10.1. The molecule has 2 atom stereocenters. The van der Waals surface area contributed by atoms with Gasteiger partial charge in [-0.15, -0.1) is 0 Å². The summed E-state index contributed by atoms with van der Waals surface area (Å²) in [6.45, 7) is 4.98. The molecule has 0 amide bonds. The highest BCUT2D eigenvalue weighted by atomic mass is 16.3. The largest absolute Gasteiger partial charge is 0.392 e. The Morgan fingerprint density at radius 2 is 2.05 bits per heavy atom. The summed E-state index contributed by atoms with van der Waals surface area (Å²) in [5, 5.41) is 13.5. The molecule has 2 nitrogen and oxygen atoms in total. The first-order valence-electron chi connectivity index (χ1n) is 7.63. The summed E-state index contributed by atoms with van der Waals surface area (Å²) in [6, 6.07) is 8.87. The van der Waals surface area contributed by atoms with Crippen molar-refractivity contribution in [2.45, 2.75) is 58.1 Å². The Morgan fingerprint density at radius 3 is 2.74 bits per heavy atom. The van der Waals surface area contributed by atoms with Gasteiger partial charge in [0, 0.05) is 12.6 Å². The van der Waals surface area contributed by atoms with Crippen molar-refractivity contribution in [1.29, 1.82) is 0 Å². The van der Waals surface area contributed by atoms with Crippen LogP contribution in [0.1, 0.15) is 56.2 Å². The molecule has 1 aromatic rings. The first-order valence-corrected chi connectivity index (χ1v) is 7.63. The van der Waals surface area contributed by atoms with Gasteiger partial charge in [0.1, 0.15) is 0 Å². The molecular weight excluding hydrogens is 234 g/mol. The molecule has 0 spiro atoms. The number of aliphatic hydroxyl groups is 1. The third kappa shape index (κ3) is 4.63. The predicted molar refractivity (Wildman–Crippen MR) is 80.2 cm³/mol. The van der Waals surface area contributed by atoms with Crippen molar-refractivity contribution in [1.82, 2.24) is 5.32 Å². The van der Waals surface area contributed by atoms with E-state index in [1.54, 1.807) is 0 Å². The van der Waals surface area contributed by atoms with Crippen molar-refractivity contribution in [3.8, 4) is 0 Å². The molecule has 1 aliphatic carbocycles. The van der Waals surface area contributed by atoms with Crippen LogP contribution >= 0.6 is 0 Å². The summed E-state index contributed by atoms with van der Waals surface area (Å²) in [7, 11) is 0. The maximum atomic E-state index is 10.1. The number of benzene rings is 1. The van der Waals surface area contributed by atoms with Crippen LogP contribution < -0.4 is 5.32 Å². The molecule has 0 aromatic heterocycles. The lowest BCUT2D eigenvalue weighted by Crippen LogP contribution is -2.30. The SMILES string of the molecule is Cc1cccc([C@H](C)NCC(O)CC2CCCC2)c1. The van der Waals surface area contributed by atoms with Gasteiger partial charge in [-0.2, -0.15) is 0 Å². The van der Waals surface area contributed by atoms with Gasteiger partial charge in [-0.1, -0.05) is 55.5 Å². The smallest absolute Gasteiger partial charge is 0.0667 e. The number of rotatable bonds is 6. The fourth-order valence-corrected chi connectivity index (χ4v) is 3.08. The average Bonchev–Trinajstić information content (AvgIpc) is 2.88. The van der Waals surface area contributed by atoms with Crippen molar-refractivity contribution in [3.05, 3.63) is 35.4 Å². The van der Waals surface area contributed by atoms with Crippen LogP contribution in [0.15, 0.2) is 24.3 Å². The molecule has 1 fully saturated rings. The summed E-state index contributed by atoms with van der Waals surface area (Å²) < 4.78 is 0. The van der Waals surface area contributed by atoms with Gasteiger partial charge in [-0.05, 0) is 31.7 Å². The molecule has 1 saturated carbocycles. The Kier molecular flexibility index (Phi) is 5.41. The lowest BCUT2D eigenvalue weighted by Gasteiger charge is -2.20. The van der Waals surface area contributed by atoms with Gasteiger partial charge in [-0.3, -0.25) is 0 Å². The van der Waals surface area contributed by atoms with E-state index in [4.69, 9.17) is 0 Å². The van der Waals surface area contributed by atoms with Crippen molar-refractivity contribution < 1.29 is 5.11 Å². The number of aliphatic hydroxyl groups excluding tert-OH is 1. The van der Waals surface area contributed by atoms with E-state index in [9.17, 15) is 5.11 Å². The zero-order valence-electron chi connectivity index (χ0n) is 12.2. The van der Waals surface area contributed by atoms with Crippen LogP contribution in [-0.4, -0.2) is 17.8 Å². The highest BCUT2D eigenvalue weighted by molar-refractivity contribution is 5.24. The second-order valence-corrected chi connectivity index (χ2v) is 6.08. The number of aryl methyl sites for hydroxylation is 1. The third-order valence-corrected chi connectivity index (χ3v) is 4.28. The van der Waals surface area contributed by atoms with Crippen LogP contribution in [0.4, 0.5) is 0 Å². The molecule has 0 aliphatic heterocycles. The lowest BCUT2D eigenvalue weighted by molar-refractivity contribution is 0.137. The van der Waals surface area contributed by atoms with Crippen molar-refractivity contribution >= 4 is 0 Å². The van der Waals surface area contributed by atoms with Gasteiger partial charge < -0.3 is 10.4 Å². The first kappa shape index (κ1) is 14.5. The Labute approximate surface area is 117 Å². The summed E-state index contributed by atoms with van der Waals surface area (Å²) in [5.41, 5.74) is 2.59. The standard InChI is InChI=1S/C17H27NO/c1-13-6-5-9-16(10-13)14(2)18-12-17(19)11-15-7-3-4-8-15/h5-6,9-10,14-15,17-19H,3-4,7-8,11-12H2,1-2H3/t14-,17?/m0/s1. The van der Waals surface area contributed by atoms with Crippen LogP contribution in [0.2, 0.25) is 0 Å². The summed E-state index contributed by atoms with van der Waals surface area (Å²) in [6.07, 6.45) is 6.09. The highest BCUT2D eigenvalue weighted by Crippen LogP contribution is 2.28. The maximum Gasteiger partial charge on any atom is 0.0667 e. The predicted octanol–water partition coefficient (Wildman–Crippen LogP) is 3.59. The topological polar surface area (TPSA) is 32.3 Å². The Hall–Kier alpha value is -0.860. The lowest BCUT2D eigenvalue weighted by atomic mass is 9.99. The van der Waals surface area contributed by atoms with Gasteiger partial charge in [-0.25, -0.2) is 0 Å². The van der Waals surface area contributed by atoms with Gasteiger partial charge >= 0.3 is 0 Å². The minimum atomic E-state index is -0.199. The fraction of sp³-hybridized carbons (Fsp3) is 0.647. The Bertz CT molecular complexity index is 385. The third-order valence-electron chi connectivity index (χ3n) is 4.28. The van der Waals surface area contributed by atoms with Crippen molar-refractivity contribution in [2.24, 2.45) is 5.92 Å². The van der Waals surface area contributed by atoms with E-state index in [1.165, 1.54) is 36.8 Å². The summed E-state index contributed by atoms with van der Waals surface area (Å²) in [5.74, 6) is 0.756. The van der Waals surface area contributed by atoms with Crippen LogP contribution in [0.25, 0.3) is 0 Å². The number of hydrogen-bond donors (Lipinski definition) is 2. The molecule has 1 aliphatic rings. The second-order valence-electron chi connectivity index (χ2n) is 6.08. The molecule has 2 N–H and O–H groups in total. The van der Waals surface area contributed by atoms with Gasteiger partial charge in [0.15, 0.2) is 0 Å². The fourth-order valence-electron chi connectivity index (χ4n) is 3.08. The molecule has 0 radical (unpaired) electrons. The first-order chi connectivity index (χ1) is 9.15. The quantitative estimate of drug-likeness (QED) is 0.820. The molecule has 2 heteroatoms. The molecule has 0 saturated heterocycles. The van der Waals surface area contributed by atoms with Crippen molar-refractivity contribution in [3.63, 3.8) is 0 Å². The minimum Gasteiger partial charge on any atom is -0.392 e. The molecule has 1 unspecified atom stereocenters. The second kappa shape index (κ2) is 7.06. The van der Waals surface area contributed by atoms with E-state index in [1.807, 2.05) is 0 Å². The number of hydrogen-bond acceptors (Lipinski definition) is 2. The average molecular weight is 261 g/mol. The normalized spacial score (nSPS) is 19.5. The number of nitrogens with one attached hydrogen (secondary N) is 1. The summed E-state index contributed by atoms with van der Waals surface area (Å²) in [4.78, 5) is 0. The molecule has 2 rings (SSSR count). The van der Waals surface area contributed by atoms with E-state index >= 15 is 0 Å². The molecule has 106 valence electrons. The molecule has 1 aromatic carbocycles. The van der Waals surface area contributed by atoms with Crippen LogP contribution in [0.3, 0.4) is 0 Å². The Morgan fingerprint density at radius 1 is 1.32 bits per heavy atom. The van der Waals surface area contributed by atoms with Gasteiger partial charge in [0.05, 0.1) is 6.10 Å². The zero-order valence-corrected chi connectivity index (χ0v) is 12.2. The van der Waals surface area contributed by atoms with E-state index in [2.05, 4.69) is 43.4 Å². The van der Waals surface area contributed by atoms with Crippen LogP contribution in [-0.2, 0) is 0 Å². The zero-order chi connectivity index (χ0) is 13.7. The van der Waals surface area contributed by atoms with Crippen LogP contribution in [0.5, 0.6) is 0 Å². The molecular formula is C17H27NO. The Balaban J connectivity index is 1.74. The minimum absolute atomic E-state index is 0.199. The summed E-state index contributed by atoms with van der Waals surface area (Å²) >= 11 is 0. The van der Waals surface area contributed by atoms with Gasteiger partial charge in [0.25, 0.3) is 0 Å². The van der Waals surface area contributed by atoms with Crippen LogP contribution in [0, 0.1) is 12.8 Å². The van der Waals surface area contributed by atoms with E-state index in [0.29, 0.717) is 12.6 Å². The molecule has 0 bridgehead atoms. The van der Waals surface area contributed by atoms with E-state index < -0.39 is 0 Å². The molecule has 19 heavy (non-hydrogen) atoms.